The Hall–Kier alpha value is -4.29. The molecule has 0 saturated heterocycles. The second-order valence-electron chi connectivity index (χ2n) is 7.73. The molecule has 3 N–H and O–H groups in total. The number of carbonyl (C=O) groups is 1. The van der Waals surface area contributed by atoms with E-state index in [9.17, 15) is 13.2 Å². The minimum absolute atomic E-state index is 0.0130. The van der Waals surface area contributed by atoms with E-state index in [0.717, 1.165) is 16.3 Å². The zero-order valence-corrected chi connectivity index (χ0v) is 21.5. The molecule has 10 nitrogen and oxygen atoms in total. The number of nitrogens with zero attached hydrogens (tertiary/aromatic N) is 2. The highest BCUT2D eigenvalue weighted by Gasteiger charge is 2.17. The van der Waals surface area contributed by atoms with Crippen LogP contribution in [0.4, 0.5) is 11.5 Å². The monoisotopic (exact) mass is 537 g/mol. The van der Waals surface area contributed by atoms with E-state index in [0.29, 0.717) is 5.69 Å². The Labute approximate surface area is 219 Å². The van der Waals surface area contributed by atoms with Gasteiger partial charge in [0.05, 0.1) is 25.5 Å². The fourth-order valence-corrected chi connectivity index (χ4v) is 4.74. The van der Waals surface area contributed by atoms with Crippen molar-refractivity contribution in [2.24, 2.45) is 0 Å². The number of sulfonamides is 1. The smallest absolute Gasteiger partial charge is 0.321 e. The van der Waals surface area contributed by atoms with Crippen LogP contribution in [0.25, 0.3) is 10.8 Å². The maximum absolute atomic E-state index is 12.8. The summed E-state index contributed by atoms with van der Waals surface area (Å²) in [7, 11) is -1.21. The van der Waals surface area contributed by atoms with Gasteiger partial charge in [-0.15, -0.1) is 0 Å². The number of aromatic nitrogens is 2. The molecular formula is C25H23N5O5S2. The normalized spacial score (nSPS) is 11.0. The van der Waals surface area contributed by atoms with E-state index >= 15 is 0 Å². The molecule has 4 rings (SSSR count). The number of rotatable bonds is 8. The van der Waals surface area contributed by atoms with E-state index in [1.54, 1.807) is 0 Å². The summed E-state index contributed by atoms with van der Waals surface area (Å²) in [5, 5.41) is 7.69. The number of hydrogen-bond donors (Lipinski definition) is 3. The van der Waals surface area contributed by atoms with Crippen molar-refractivity contribution in [2.75, 3.05) is 24.3 Å². The third-order valence-corrected chi connectivity index (χ3v) is 6.79. The van der Waals surface area contributed by atoms with E-state index in [-0.39, 0.29) is 40.0 Å². The Morgan fingerprint density at radius 3 is 2.41 bits per heavy atom. The van der Waals surface area contributed by atoms with Gasteiger partial charge in [0.15, 0.2) is 10.9 Å². The molecule has 3 aromatic carbocycles. The summed E-state index contributed by atoms with van der Waals surface area (Å²) in [4.78, 5) is 20.4. The van der Waals surface area contributed by atoms with Gasteiger partial charge in [-0.2, -0.15) is 9.97 Å². The summed E-state index contributed by atoms with van der Waals surface area (Å²) < 4.78 is 37.9. The second kappa shape index (κ2) is 11.2. The number of hydrogen-bond acceptors (Lipinski definition) is 8. The fourth-order valence-electron chi connectivity index (χ4n) is 3.52. The molecule has 0 aliphatic rings. The Balaban J connectivity index is 1.38. The first-order valence-electron chi connectivity index (χ1n) is 10.9. The lowest BCUT2D eigenvalue weighted by atomic mass is 10.0. The van der Waals surface area contributed by atoms with Crippen LogP contribution >= 0.6 is 12.2 Å². The molecule has 190 valence electrons. The summed E-state index contributed by atoms with van der Waals surface area (Å²) in [6.45, 7) is 0. The molecule has 0 unspecified atom stereocenters. The number of amides is 1. The van der Waals surface area contributed by atoms with Crippen molar-refractivity contribution in [1.29, 1.82) is 0 Å². The van der Waals surface area contributed by atoms with Crippen LogP contribution < -0.4 is 24.8 Å². The van der Waals surface area contributed by atoms with Crippen LogP contribution in [0, 0.1) is 0 Å². The first-order chi connectivity index (χ1) is 17.8. The van der Waals surface area contributed by atoms with Gasteiger partial charge in [0.1, 0.15) is 0 Å². The summed E-state index contributed by atoms with van der Waals surface area (Å²) in [5.41, 5.74) is 1.39. The van der Waals surface area contributed by atoms with Crippen molar-refractivity contribution in [3.8, 4) is 11.9 Å². The van der Waals surface area contributed by atoms with Crippen molar-refractivity contribution in [1.82, 2.24) is 15.3 Å². The summed E-state index contributed by atoms with van der Waals surface area (Å²) in [6, 6.07) is 20.7. The molecule has 0 saturated carbocycles. The molecule has 37 heavy (non-hydrogen) atoms. The number of ether oxygens (including phenoxy) is 2. The van der Waals surface area contributed by atoms with Crippen LogP contribution in [0.3, 0.4) is 0 Å². The molecule has 12 heteroatoms. The largest absolute Gasteiger partial charge is 0.481 e. The lowest BCUT2D eigenvalue weighted by Crippen LogP contribution is -2.35. The topological polar surface area (TPSA) is 132 Å². The van der Waals surface area contributed by atoms with Gasteiger partial charge in [-0.1, -0.05) is 42.5 Å². The maximum Gasteiger partial charge on any atom is 0.321 e. The van der Waals surface area contributed by atoms with Crippen LogP contribution in [0.5, 0.6) is 11.9 Å². The van der Waals surface area contributed by atoms with Crippen LogP contribution in [0.1, 0.15) is 5.56 Å². The van der Waals surface area contributed by atoms with Crippen molar-refractivity contribution < 1.29 is 22.7 Å². The Morgan fingerprint density at radius 1 is 0.946 bits per heavy atom. The van der Waals surface area contributed by atoms with Crippen molar-refractivity contribution in [3.63, 3.8) is 0 Å². The van der Waals surface area contributed by atoms with Crippen molar-refractivity contribution in [3.05, 3.63) is 78.4 Å². The van der Waals surface area contributed by atoms with Gasteiger partial charge in [0, 0.05) is 11.8 Å². The Bertz CT molecular complexity index is 1530. The zero-order chi connectivity index (χ0) is 26.4. The number of carbonyl (C=O) groups excluding carboxylic acids is 1. The van der Waals surface area contributed by atoms with Crippen LogP contribution in [-0.4, -0.2) is 43.6 Å². The molecule has 0 aliphatic carbocycles. The molecule has 4 aromatic rings. The molecule has 0 spiro atoms. The van der Waals surface area contributed by atoms with Gasteiger partial charge >= 0.3 is 6.01 Å². The van der Waals surface area contributed by atoms with E-state index in [1.807, 2.05) is 42.5 Å². The average Bonchev–Trinajstić information content (AvgIpc) is 2.88. The predicted octanol–water partition coefficient (Wildman–Crippen LogP) is 3.50. The summed E-state index contributed by atoms with van der Waals surface area (Å²) >= 11 is 5.25. The number of anilines is 2. The first kappa shape index (κ1) is 25.8. The summed E-state index contributed by atoms with van der Waals surface area (Å²) in [5.74, 6) is -0.144. The van der Waals surface area contributed by atoms with Gasteiger partial charge in [-0.05, 0) is 52.8 Å². The Kier molecular flexibility index (Phi) is 7.80. The molecule has 1 amide bonds. The highest BCUT2D eigenvalue weighted by molar-refractivity contribution is 7.92. The van der Waals surface area contributed by atoms with Gasteiger partial charge in [-0.25, -0.2) is 8.42 Å². The zero-order valence-electron chi connectivity index (χ0n) is 19.9. The van der Waals surface area contributed by atoms with Crippen LogP contribution in [-0.2, 0) is 21.2 Å². The van der Waals surface area contributed by atoms with Gasteiger partial charge in [0.2, 0.25) is 11.8 Å². The molecular weight excluding hydrogens is 514 g/mol. The average molecular weight is 538 g/mol. The lowest BCUT2D eigenvalue weighted by molar-refractivity contribution is -0.119. The standard InChI is InChI=1S/C25H23N5O5S2/c1-34-23-15-21(27-24(29-23)35-2)30-37(32,33)19-12-10-18(11-13-19)26-25(36)28-22(31)14-17-8-5-7-16-6-3-4-9-20(16)17/h3-13,15H,14H2,1-2H3,(H,27,29,30)(H2,26,28,31,36). The second-order valence-corrected chi connectivity index (χ2v) is 9.82. The van der Waals surface area contributed by atoms with Gasteiger partial charge in [-0.3, -0.25) is 9.52 Å². The number of fused-ring (bicyclic) bond motifs is 1. The fraction of sp³-hybridized carbons (Fsp3) is 0.120. The van der Waals surface area contributed by atoms with Crippen molar-refractivity contribution >= 4 is 55.5 Å². The first-order valence-corrected chi connectivity index (χ1v) is 12.8. The SMILES string of the molecule is COc1cc(NS(=O)(=O)c2ccc(NC(=S)NC(=O)Cc3cccc4ccccc34)cc2)nc(OC)n1. The minimum atomic E-state index is -3.96. The third-order valence-electron chi connectivity index (χ3n) is 5.22. The quantitative estimate of drug-likeness (QED) is 0.289. The highest BCUT2D eigenvalue weighted by atomic mass is 32.2. The van der Waals surface area contributed by atoms with Crippen LogP contribution in [0.2, 0.25) is 0 Å². The van der Waals surface area contributed by atoms with E-state index < -0.39 is 10.0 Å². The van der Waals surface area contributed by atoms with Crippen molar-refractivity contribution in [2.45, 2.75) is 11.3 Å². The van der Waals surface area contributed by atoms with Gasteiger partial charge in [0.25, 0.3) is 10.0 Å². The Morgan fingerprint density at radius 2 is 1.68 bits per heavy atom. The van der Waals surface area contributed by atoms with E-state index in [1.165, 1.54) is 44.6 Å². The third kappa shape index (κ3) is 6.48. The molecule has 0 aliphatic heterocycles. The highest BCUT2D eigenvalue weighted by Crippen LogP contribution is 2.22. The minimum Gasteiger partial charge on any atom is -0.481 e. The van der Waals surface area contributed by atoms with E-state index in [2.05, 4.69) is 25.3 Å². The van der Waals surface area contributed by atoms with Gasteiger partial charge < -0.3 is 20.1 Å². The molecule has 1 aromatic heterocycles. The molecule has 0 fully saturated rings. The lowest BCUT2D eigenvalue weighted by Gasteiger charge is -2.12. The van der Waals surface area contributed by atoms with E-state index in [4.69, 9.17) is 21.7 Å². The number of benzene rings is 3. The van der Waals surface area contributed by atoms with Crippen LogP contribution in [0.15, 0.2) is 77.7 Å². The number of thiocarbonyl (C=S) groups is 1. The number of nitrogens with one attached hydrogen (secondary N) is 3. The maximum atomic E-state index is 12.8. The number of methoxy groups -OCH3 is 2. The molecule has 1 heterocycles. The molecule has 0 bridgehead atoms. The molecule has 0 atom stereocenters. The predicted molar refractivity (Wildman–Crippen MR) is 144 cm³/mol. The summed E-state index contributed by atoms with van der Waals surface area (Å²) in [6.07, 6.45) is 0.157. The molecule has 0 radical (unpaired) electrons.